The number of rotatable bonds is 10. The van der Waals surface area contributed by atoms with Crippen LogP contribution in [0.3, 0.4) is 0 Å². The number of carbonyl (C=O) groups is 1. The molecule has 0 bridgehead atoms. The molecule has 0 spiro atoms. The van der Waals surface area contributed by atoms with Gasteiger partial charge in [0.1, 0.15) is 5.69 Å². The Morgan fingerprint density at radius 3 is 2.29 bits per heavy atom. The lowest BCUT2D eigenvalue weighted by molar-refractivity contribution is 0.0690. The van der Waals surface area contributed by atoms with Gasteiger partial charge < -0.3 is 10.0 Å². The number of carboxylic acid groups (broad SMARTS) is 1. The zero-order valence-electron chi connectivity index (χ0n) is 13.4. The van der Waals surface area contributed by atoms with Gasteiger partial charge in [-0.1, -0.05) is 26.8 Å². The van der Waals surface area contributed by atoms with E-state index in [1.54, 1.807) is 6.07 Å². The van der Waals surface area contributed by atoms with Gasteiger partial charge in [0.25, 0.3) is 0 Å². The van der Waals surface area contributed by atoms with Crippen molar-refractivity contribution in [3.63, 3.8) is 0 Å². The highest BCUT2D eigenvalue weighted by Crippen LogP contribution is 2.05. The van der Waals surface area contributed by atoms with E-state index in [9.17, 15) is 4.79 Å². The predicted molar refractivity (Wildman–Crippen MR) is 84.6 cm³/mol. The van der Waals surface area contributed by atoms with Crippen LogP contribution >= 0.6 is 0 Å². The third kappa shape index (κ3) is 6.23. The van der Waals surface area contributed by atoms with Gasteiger partial charge >= 0.3 is 5.97 Å². The minimum absolute atomic E-state index is 0.117. The largest absolute Gasteiger partial charge is 0.477 e. The molecular weight excluding hydrogens is 266 g/mol. The Labute approximate surface area is 127 Å². The second kappa shape index (κ2) is 9.47. The van der Waals surface area contributed by atoms with Crippen molar-refractivity contribution in [3.05, 3.63) is 29.6 Å². The number of hydrogen-bond donors (Lipinski definition) is 1. The first-order valence-electron chi connectivity index (χ1n) is 7.74. The third-order valence-electron chi connectivity index (χ3n) is 3.70. The SMILES string of the molecule is CCN(CC)CCCN(CC)Cc1cccc(C(=O)O)n1. The fraction of sp³-hybridized carbons (Fsp3) is 0.625. The molecule has 118 valence electrons. The van der Waals surface area contributed by atoms with Crippen LogP contribution in [0.1, 0.15) is 43.4 Å². The first-order chi connectivity index (χ1) is 10.1. The first kappa shape index (κ1) is 17.6. The quantitative estimate of drug-likeness (QED) is 0.717. The van der Waals surface area contributed by atoms with E-state index in [0.29, 0.717) is 6.54 Å². The maximum absolute atomic E-state index is 10.9. The highest BCUT2D eigenvalue weighted by Gasteiger charge is 2.09. The number of aromatic nitrogens is 1. The van der Waals surface area contributed by atoms with Crippen molar-refractivity contribution in [2.24, 2.45) is 0 Å². The molecule has 1 heterocycles. The lowest BCUT2D eigenvalue weighted by atomic mass is 10.2. The van der Waals surface area contributed by atoms with Crippen molar-refractivity contribution in [2.45, 2.75) is 33.7 Å². The van der Waals surface area contributed by atoms with Gasteiger partial charge in [0, 0.05) is 6.54 Å². The molecule has 0 unspecified atom stereocenters. The van der Waals surface area contributed by atoms with Gasteiger partial charge in [-0.05, 0) is 51.3 Å². The lowest BCUT2D eigenvalue weighted by Gasteiger charge is -2.23. The molecule has 0 fully saturated rings. The molecule has 0 radical (unpaired) electrons. The Morgan fingerprint density at radius 2 is 1.71 bits per heavy atom. The van der Waals surface area contributed by atoms with Crippen LogP contribution in [0.25, 0.3) is 0 Å². The normalized spacial score (nSPS) is 11.3. The summed E-state index contributed by atoms with van der Waals surface area (Å²) in [6.07, 6.45) is 1.12. The summed E-state index contributed by atoms with van der Waals surface area (Å²) in [4.78, 5) is 19.8. The van der Waals surface area contributed by atoms with Crippen molar-refractivity contribution >= 4 is 5.97 Å². The predicted octanol–water partition coefficient (Wildman–Crippen LogP) is 2.33. The van der Waals surface area contributed by atoms with Gasteiger partial charge in [-0.25, -0.2) is 9.78 Å². The minimum atomic E-state index is -0.971. The van der Waals surface area contributed by atoms with Crippen LogP contribution in [-0.4, -0.2) is 58.6 Å². The van der Waals surface area contributed by atoms with Crippen LogP contribution in [-0.2, 0) is 6.54 Å². The average molecular weight is 293 g/mol. The fourth-order valence-corrected chi connectivity index (χ4v) is 2.32. The molecule has 0 saturated carbocycles. The summed E-state index contributed by atoms with van der Waals surface area (Å²) >= 11 is 0. The van der Waals surface area contributed by atoms with Crippen molar-refractivity contribution in [1.82, 2.24) is 14.8 Å². The maximum Gasteiger partial charge on any atom is 0.354 e. The van der Waals surface area contributed by atoms with Gasteiger partial charge in [0.2, 0.25) is 0 Å². The Hall–Kier alpha value is -1.46. The van der Waals surface area contributed by atoms with Crippen molar-refractivity contribution < 1.29 is 9.90 Å². The van der Waals surface area contributed by atoms with E-state index in [0.717, 1.165) is 44.8 Å². The molecule has 1 rings (SSSR count). The van der Waals surface area contributed by atoms with E-state index >= 15 is 0 Å². The van der Waals surface area contributed by atoms with Gasteiger partial charge in [-0.2, -0.15) is 0 Å². The fourth-order valence-electron chi connectivity index (χ4n) is 2.32. The molecule has 0 saturated heterocycles. The molecule has 0 atom stereocenters. The molecule has 0 aliphatic rings. The zero-order valence-corrected chi connectivity index (χ0v) is 13.4. The van der Waals surface area contributed by atoms with Crippen molar-refractivity contribution in [3.8, 4) is 0 Å². The van der Waals surface area contributed by atoms with Gasteiger partial charge in [-0.3, -0.25) is 4.90 Å². The standard InChI is InChI=1S/C16H27N3O2/c1-4-18(5-2)11-8-12-19(6-3)13-14-9-7-10-15(17-14)16(20)21/h7,9-10H,4-6,8,11-13H2,1-3H3,(H,20,21). The smallest absolute Gasteiger partial charge is 0.354 e. The van der Waals surface area contributed by atoms with Crippen LogP contribution < -0.4 is 0 Å². The van der Waals surface area contributed by atoms with Crippen LogP contribution in [0.5, 0.6) is 0 Å². The van der Waals surface area contributed by atoms with Crippen molar-refractivity contribution in [1.29, 1.82) is 0 Å². The highest BCUT2D eigenvalue weighted by molar-refractivity contribution is 5.85. The molecular formula is C16H27N3O2. The second-order valence-electron chi connectivity index (χ2n) is 5.07. The molecule has 0 aromatic carbocycles. The molecule has 5 nitrogen and oxygen atoms in total. The summed E-state index contributed by atoms with van der Waals surface area (Å²) in [6, 6.07) is 5.18. The van der Waals surface area contributed by atoms with Crippen LogP contribution in [0, 0.1) is 0 Å². The molecule has 0 aliphatic heterocycles. The Balaban J connectivity index is 2.50. The summed E-state index contributed by atoms with van der Waals surface area (Å²) in [5.41, 5.74) is 0.936. The van der Waals surface area contributed by atoms with Crippen LogP contribution in [0.2, 0.25) is 0 Å². The van der Waals surface area contributed by atoms with Crippen LogP contribution in [0.15, 0.2) is 18.2 Å². The van der Waals surface area contributed by atoms with Crippen LogP contribution in [0.4, 0.5) is 0 Å². The van der Waals surface area contributed by atoms with Gasteiger partial charge in [0.05, 0.1) is 5.69 Å². The van der Waals surface area contributed by atoms with Crippen molar-refractivity contribution in [2.75, 3.05) is 32.7 Å². The number of hydrogen-bond acceptors (Lipinski definition) is 4. The summed E-state index contributed by atoms with van der Waals surface area (Å²) < 4.78 is 0. The molecule has 0 amide bonds. The summed E-state index contributed by atoms with van der Waals surface area (Å²) in [5, 5.41) is 8.98. The Kier molecular flexibility index (Phi) is 7.93. The number of aromatic carboxylic acids is 1. The third-order valence-corrected chi connectivity index (χ3v) is 3.70. The Bertz CT molecular complexity index is 433. The van der Waals surface area contributed by atoms with E-state index in [-0.39, 0.29) is 5.69 Å². The topological polar surface area (TPSA) is 56.7 Å². The number of pyridine rings is 1. The molecule has 0 aliphatic carbocycles. The van der Waals surface area contributed by atoms with E-state index < -0.39 is 5.97 Å². The molecule has 1 aromatic rings. The summed E-state index contributed by atoms with van der Waals surface area (Å²) in [7, 11) is 0. The molecule has 5 heteroatoms. The maximum atomic E-state index is 10.9. The summed E-state index contributed by atoms with van der Waals surface area (Å²) in [6.45, 7) is 12.4. The second-order valence-corrected chi connectivity index (χ2v) is 5.07. The van der Waals surface area contributed by atoms with E-state index in [4.69, 9.17) is 5.11 Å². The average Bonchev–Trinajstić information content (AvgIpc) is 2.50. The molecule has 1 N–H and O–H groups in total. The Morgan fingerprint density at radius 1 is 1.10 bits per heavy atom. The highest BCUT2D eigenvalue weighted by atomic mass is 16.4. The summed E-state index contributed by atoms with van der Waals surface area (Å²) in [5.74, 6) is -0.971. The first-order valence-corrected chi connectivity index (χ1v) is 7.74. The molecule has 21 heavy (non-hydrogen) atoms. The number of carboxylic acids is 1. The van der Waals surface area contributed by atoms with E-state index in [1.807, 2.05) is 6.07 Å². The van der Waals surface area contributed by atoms with E-state index in [1.165, 1.54) is 6.07 Å². The lowest BCUT2D eigenvalue weighted by Crippen LogP contribution is -2.30. The van der Waals surface area contributed by atoms with Gasteiger partial charge in [0.15, 0.2) is 0 Å². The van der Waals surface area contributed by atoms with E-state index in [2.05, 4.69) is 35.6 Å². The monoisotopic (exact) mass is 293 g/mol. The number of nitrogens with zero attached hydrogens (tertiary/aromatic N) is 3. The minimum Gasteiger partial charge on any atom is -0.477 e. The zero-order chi connectivity index (χ0) is 15.7. The molecule has 1 aromatic heterocycles. The van der Waals surface area contributed by atoms with Gasteiger partial charge in [-0.15, -0.1) is 0 Å².